The van der Waals surface area contributed by atoms with Crippen LogP contribution in [0.25, 0.3) is 5.69 Å². The third kappa shape index (κ3) is 4.97. The minimum atomic E-state index is -0.0978. The van der Waals surface area contributed by atoms with Crippen LogP contribution in [-0.2, 0) is 11.3 Å². The van der Waals surface area contributed by atoms with Crippen LogP contribution in [0.4, 0.5) is 4.79 Å². The lowest BCUT2D eigenvalue weighted by atomic mass is 9.80. The summed E-state index contributed by atoms with van der Waals surface area (Å²) in [5.74, 6) is 0. The van der Waals surface area contributed by atoms with E-state index < -0.39 is 0 Å². The van der Waals surface area contributed by atoms with Gasteiger partial charge in [0.2, 0.25) is 0 Å². The zero-order chi connectivity index (χ0) is 19.9. The quantitative estimate of drug-likeness (QED) is 0.786. The van der Waals surface area contributed by atoms with Gasteiger partial charge < -0.3 is 15.4 Å². The Kier molecular flexibility index (Phi) is 6.46. The Bertz CT molecular complexity index is 763. The Morgan fingerprint density at radius 1 is 1.07 bits per heavy atom. The molecule has 1 aromatic heterocycles. The fourth-order valence-electron chi connectivity index (χ4n) is 4.53. The minimum Gasteiger partial charge on any atom is -0.379 e. The lowest BCUT2D eigenvalue weighted by Crippen LogP contribution is -2.60. The van der Waals surface area contributed by atoms with Gasteiger partial charge >= 0.3 is 6.03 Å². The minimum absolute atomic E-state index is 0.0881. The topological polar surface area (TPSA) is 71.4 Å². The van der Waals surface area contributed by atoms with E-state index in [4.69, 9.17) is 4.74 Å². The summed E-state index contributed by atoms with van der Waals surface area (Å²) in [6, 6.07) is 9.87. The SMILES string of the molecule is O=C(NCc1ccc(-n2cccn2)cc1)NCC1(N2CCOCC2)CCCCC1. The molecule has 1 aliphatic heterocycles. The average Bonchev–Trinajstić information content (AvgIpc) is 3.33. The largest absolute Gasteiger partial charge is 0.379 e. The van der Waals surface area contributed by atoms with Crippen LogP contribution in [0.15, 0.2) is 42.7 Å². The zero-order valence-electron chi connectivity index (χ0n) is 17.0. The number of aromatic nitrogens is 2. The van der Waals surface area contributed by atoms with E-state index >= 15 is 0 Å². The first kappa shape index (κ1) is 19.9. The predicted octanol–water partition coefficient (Wildman–Crippen LogP) is 2.71. The summed E-state index contributed by atoms with van der Waals surface area (Å²) in [6.07, 6.45) is 9.76. The fraction of sp³-hybridized carbons (Fsp3) is 0.545. The molecule has 1 saturated carbocycles. The van der Waals surface area contributed by atoms with Gasteiger partial charge in [-0.15, -0.1) is 0 Å². The second-order valence-corrected chi connectivity index (χ2v) is 8.04. The molecule has 0 radical (unpaired) electrons. The molecule has 1 aromatic carbocycles. The molecule has 0 unspecified atom stereocenters. The zero-order valence-corrected chi connectivity index (χ0v) is 17.0. The summed E-state index contributed by atoms with van der Waals surface area (Å²) in [6.45, 7) is 4.73. The highest BCUT2D eigenvalue weighted by Crippen LogP contribution is 2.33. The van der Waals surface area contributed by atoms with E-state index in [0.29, 0.717) is 13.1 Å². The number of nitrogens with one attached hydrogen (secondary N) is 2. The number of hydrogen-bond acceptors (Lipinski definition) is 4. The number of carbonyl (C=O) groups excluding carboxylic acids is 1. The molecule has 0 atom stereocenters. The van der Waals surface area contributed by atoms with Crippen LogP contribution in [0.1, 0.15) is 37.7 Å². The second kappa shape index (κ2) is 9.41. The molecule has 4 rings (SSSR count). The Morgan fingerprint density at radius 3 is 2.52 bits per heavy atom. The van der Waals surface area contributed by atoms with Gasteiger partial charge in [-0.2, -0.15) is 5.10 Å². The molecule has 7 heteroatoms. The van der Waals surface area contributed by atoms with E-state index in [2.05, 4.69) is 20.6 Å². The Labute approximate surface area is 172 Å². The van der Waals surface area contributed by atoms with E-state index in [-0.39, 0.29) is 11.6 Å². The molecule has 1 aliphatic carbocycles. The molecule has 2 aliphatic rings. The highest BCUT2D eigenvalue weighted by molar-refractivity contribution is 5.73. The van der Waals surface area contributed by atoms with Crippen molar-refractivity contribution in [3.8, 4) is 5.69 Å². The lowest BCUT2D eigenvalue weighted by molar-refractivity contribution is -0.0357. The van der Waals surface area contributed by atoms with Crippen LogP contribution in [0.2, 0.25) is 0 Å². The molecule has 2 heterocycles. The highest BCUT2D eigenvalue weighted by Gasteiger charge is 2.38. The first-order valence-electron chi connectivity index (χ1n) is 10.7. The average molecular weight is 398 g/mol. The Hall–Kier alpha value is -2.38. The van der Waals surface area contributed by atoms with E-state index in [9.17, 15) is 4.79 Å². The summed E-state index contributed by atoms with van der Waals surface area (Å²) in [5, 5.41) is 10.4. The number of hydrogen-bond donors (Lipinski definition) is 2. The number of amides is 2. The van der Waals surface area contributed by atoms with Crippen molar-refractivity contribution in [1.82, 2.24) is 25.3 Å². The Balaban J connectivity index is 1.28. The van der Waals surface area contributed by atoms with Crippen LogP contribution in [0, 0.1) is 0 Å². The van der Waals surface area contributed by atoms with Crippen molar-refractivity contribution in [2.24, 2.45) is 0 Å². The first-order valence-corrected chi connectivity index (χ1v) is 10.7. The van der Waals surface area contributed by atoms with Gasteiger partial charge in [-0.05, 0) is 36.6 Å². The van der Waals surface area contributed by atoms with Crippen molar-refractivity contribution < 1.29 is 9.53 Å². The van der Waals surface area contributed by atoms with Gasteiger partial charge in [0.05, 0.1) is 18.9 Å². The number of morpholine rings is 1. The summed E-state index contributed by atoms with van der Waals surface area (Å²) >= 11 is 0. The second-order valence-electron chi connectivity index (χ2n) is 8.04. The molecule has 2 aromatic rings. The standard InChI is InChI=1S/C22H31N5O2/c28-21(23-17-19-5-7-20(8-6-19)27-12-4-11-25-27)24-18-22(9-2-1-3-10-22)26-13-15-29-16-14-26/h4-8,11-12H,1-3,9-10,13-18H2,(H2,23,24,28). The number of benzene rings is 1. The lowest BCUT2D eigenvalue weighted by Gasteiger charge is -2.48. The van der Waals surface area contributed by atoms with Crippen LogP contribution in [0.3, 0.4) is 0 Å². The third-order valence-electron chi connectivity index (χ3n) is 6.20. The number of nitrogens with zero attached hydrogens (tertiary/aromatic N) is 3. The summed E-state index contributed by atoms with van der Waals surface area (Å²) < 4.78 is 7.35. The van der Waals surface area contributed by atoms with Gasteiger partial charge in [0.15, 0.2) is 0 Å². The number of urea groups is 1. The molecule has 2 amide bonds. The number of rotatable bonds is 6. The molecule has 2 N–H and O–H groups in total. The molecule has 29 heavy (non-hydrogen) atoms. The van der Waals surface area contributed by atoms with Crippen LogP contribution >= 0.6 is 0 Å². The fourth-order valence-corrected chi connectivity index (χ4v) is 4.53. The molecule has 0 bridgehead atoms. The maximum absolute atomic E-state index is 12.5. The molecular formula is C22H31N5O2. The third-order valence-corrected chi connectivity index (χ3v) is 6.20. The maximum Gasteiger partial charge on any atom is 0.315 e. The van der Waals surface area contributed by atoms with Gasteiger partial charge in [-0.3, -0.25) is 4.90 Å². The molecular weight excluding hydrogens is 366 g/mol. The van der Waals surface area contributed by atoms with Crippen molar-refractivity contribution in [1.29, 1.82) is 0 Å². The number of carbonyl (C=O) groups is 1. The highest BCUT2D eigenvalue weighted by atomic mass is 16.5. The van der Waals surface area contributed by atoms with E-state index in [1.54, 1.807) is 6.20 Å². The molecule has 2 fully saturated rings. The van der Waals surface area contributed by atoms with Crippen LogP contribution in [0.5, 0.6) is 0 Å². The number of ether oxygens (including phenoxy) is 1. The summed E-state index contributed by atoms with van der Waals surface area (Å²) in [4.78, 5) is 15.0. The normalized spacial score (nSPS) is 19.6. The van der Waals surface area contributed by atoms with Crippen LogP contribution < -0.4 is 10.6 Å². The van der Waals surface area contributed by atoms with Gasteiger partial charge in [0.25, 0.3) is 0 Å². The summed E-state index contributed by atoms with van der Waals surface area (Å²) in [7, 11) is 0. The molecule has 7 nitrogen and oxygen atoms in total. The Morgan fingerprint density at radius 2 is 1.83 bits per heavy atom. The maximum atomic E-state index is 12.5. The predicted molar refractivity (Wildman–Crippen MR) is 112 cm³/mol. The first-order chi connectivity index (χ1) is 14.3. The van der Waals surface area contributed by atoms with Crippen LogP contribution in [-0.4, -0.2) is 59.1 Å². The van der Waals surface area contributed by atoms with E-state index in [0.717, 1.165) is 50.4 Å². The molecule has 1 saturated heterocycles. The van der Waals surface area contributed by atoms with Gasteiger partial charge in [-0.1, -0.05) is 31.4 Å². The molecule has 156 valence electrons. The smallest absolute Gasteiger partial charge is 0.315 e. The van der Waals surface area contributed by atoms with Crippen molar-refractivity contribution >= 4 is 6.03 Å². The van der Waals surface area contributed by atoms with E-state index in [1.807, 2.05) is 41.2 Å². The van der Waals surface area contributed by atoms with Crippen molar-refractivity contribution in [2.75, 3.05) is 32.8 Å². The van der Waals surface area contributed by atoms with Gasteiger partial charge in [-0.25, -0.2) is 9.48 Å². The van der Waals surface area contributed by atoms with Crippen molar-refractivity contribution in [3.63, 3.8) is 0 Å². The monoisotopic (exact) mass is 397 g/mol. The van der Waals surface area contributed by atoms with E-state index in [1.165, 1.54) is 19.3 Å². The van der Waals surface area contributed by atoms with Crippen molar-refractivity contribution in [2.45, 2.75) is 44.2 Å². The summed E-state index contributed by atoms with van der Waals surface area (Å²) in [5.41, 5.74) is 2.16. The van der Waals surface area contributed by atoms with Gasteiger partial charge in [0, 0.05) is 44.1 Å². The van der Waals surface area contributed by atoms with Gasteiger partial charge in [0.1, 0.15) is 0 Å². The molecule has 0 spiro atoms. The van der Waals surface area contributed by atoms with Crippen molar-refractivity contribution in [3.05, 3.63) is 48.3 Å².